The van der Waals surface area contributed by atoms with Crippen molar-refractivity contribution in [3.63, 3.8) is 0 Å². The van der Waals surface area contributed by atoms with E-state index in [-0.39, 0.29) is 11.9 Å². The van der Waals surface area contributed by atoms with Crippen LogP contribution in [0.2, 0.25) is 0 Å². The van der Waals surface area contributed by atoms with Gasteiger partial charge in [-0.05, 0) is 56.7 Å². The fourth-order valence-corrected chi connectivity index (χ4v) is 2.78. The van der Waals surface area contributed by atoms with E-state index in [2.05, 4.69) is 0 Å². The molecule has 0 bridgehead atoms. The standard InChI is InChI=1S/C16H24N2O/c1-11-6-4-8-15(12(11)2)16(19)18-9-5-7-14(10-18)13(3)17/h4,6,8,13-14H,5,7,9-10,17H2,1-3H3/t13-,14+/m1/s1. The molecule has 0 aromatic heterocycles. The summed E-state index contributed by atoms with van der Waals surface area (Å²) < 4.78 is 0. The lowest BCUT2D eigenvalue weighted by molar-refractivity contribution is 0.0660. The van der Waals surface area contributed by atoms with E-state index in [9.17, 15) is 4.79 Å². The number of piperidine rings is 1. The fraction of sp³-hybridized carbons (Fsp3) is 0.562. The lowest BCUT2D eigenvalue weighted by Crippen LogP contribution is -2.45. The molecular weight excluding hydrogens is 236 g/mol. The van der Waals surface area contributed by atoms with E-state index >= 15 is 0 Å². The minimum atomic E-state index is 0.159. The van der Waals surface area contributed by atoms with Crippen LogP contribution in [-0.4, -0.2) is 29.9 Å². The number of carbonyl (C=O) groups excluding carboxylic acids is 1. The van der Waals surface area contributed by atoms with Gasteiger partial charge in [-0.15, -0.1) is 0 Å². The van der Waals surface area contributed by atoms with E-state index in [0.717, 1.165) is 37.1 Å². The van der Waals surface area contributed by atoms with Crippen molar-refractivity contribution in [2.24, 2.45) is 11.7 Å². The summed E-state index contributed by atoms with van der Waals surface area (Å²) >= 11 is 0. The molecular formula is C16H24N2O. The normalized spacial score (nSPS) is 21.3. The van der Waals surface area contributed by atoms with Crippen LogP contribution in [0.3, 0.4) is 0 Å². The van der Waals surface area contributed by atoms with Crippen molar-refractivity contribution in [3.05, 3.63) is 34.9 Å². The molecule has 0 saturated carbocycles. The van der Waals surface area contributed by atoms with Gasteiger partial charge < -0.3 is 10.6 Å². The highest BCUT2D eigenvalue weighted by atomic mass is 16.2. The molecule has 1 heterocycles. The summed E-state index contributed by atoms with van der Waals surface area (Å²) in [6.07, 6.45) is 2.19. The maximum Gasteiger partial charge on any atom is 0.254 e. The lowest BCUT2D eigenvalue weighted by Gasteiger charge is -2.35. The number of nitrogens with zero attached hydrogens (tertiary/aromatic N) is 1. The van der Waals surface area contributed by atoms with Crippen LogP contribution < -0.4 is 5.73 Å². The second-order valence-corrected chi connectivity index (χ2v) is 5.76. The number of carbonyl (C=O) groups is 1. The van der Waals surface area contributed by atoms with Gasteiger partial charge in [0, 0.05) is 24.7 Å². The van der Waals surface area contributed by atoms with E-state index in [1.165, 1.54) is 5.56 Å². The molecule has 1 saturated heterocycles. The number of nitrogens with two attached hydrogens (primary N) is 1. The Hall–Kier alpha value is -1.35. The Labute approximate surface area is 115 Å². The van der Waals surface area contributed by atoms with Crippen LogP contribution in [0.25, 0.3) is 0 Å². The molecule has 1 aromatic rings. The molecule has 0 radical (unpaired) electrons. The third-order valence-corrected chi connectivity index (χ3v) is 4.32. The van der Waals surface area contributed by atoms with Gasteiger partial charge in [-0.1, -0.05) is 12.1 Å². The molecule has 104 valence electrons. The van der Waals surface area contributed by atoms with Gasteiger partial charge in [0.2, 0.25) is 0 Å². The van der Waals surface area contributed by atoms with Gasteiger partial charge in [-0.25, -0.2) is 0 Å². The summed E-state index contributed by atoms with van der Waals surface area (Å²) in [6.45, 7) is 7.76. The van der Waals surface area contributed by atoms with Crippen LogP contribution in [0.5, 0.6) is 0 Å². The van der Waals surface area contributed by atoms with Crippen LogP contribution in [0.15, 0.2) is 18.2 Å². The van der Waals surface area contributed by atoms with Crippen molar-refractivity contribution in [3.8, 4) is 0 Å². The predicted molar refractivity (Wildman–Crippen MR) is 78.2 cm³/mol. The van der Waals surface area contributed by atoms with Crippen LogP contribution in [0.4, 0.5) is 0 Å². The quantitative estimate of drug-likeness (QED) is 0.888. The van der Waals surface area contributed by atoms with Crippen molar-refractivity contribution in [2.75, 3.05) is 13.1 Å². The number of aryl methyl sites for hydroxylation is 1. The number of hydrogen-bond acceptors (Lipinski definition) is 2. The zero-order valence-electron chi connectivity index (χ0n) is 12.1. The average molecular weight is 260 g/mol. The maximum absolute atomic E-state index is 12.6. The smallest absolute Gasteiger partial charge is 0.254 e. The van der Waals surface area contributed by atoms with E-state index < -0.39 is 0 Å². The predicted octanol–water partition coefficient (Wildman–Crippen LogP) is 2.50. The number of amides is 1. The van der Waals surface area contributed by atoms with Crippen molar-refractivity contribution in [1.29, 1.82) is 0 Å². The Morgan fingerprint density at radius 2 is 2.16 bits per heavy atom. The summed E-state index contributed by atoms with van der Waals surface area (Å²) in [6, 6.07) is 6.10. The molecule has 3 heteroatoms. The van der Waals surface area contributed by atoms with Gasteiger partial charge in [0.1, 0.15) is 0 Å². The summed E-state index contributed by atoms with van der Waals surface area (Å²) in [5, 5.41) is 0. The number of rotatable bonds is 2. The van der Waals surface area contributed by atoms with Gasteiger partial charge >= 0.3 is 0 Å². The number of benzene rings is 1. The molecule has 19 heavy (non-hydrogen) atoms. The third-order valence-electron chi connectivity index (χ3n) is 4.32. The molecule has 1 aliphatic rings. The summed E-state index contributed by atoms with van der Waals surface area (Å²) in [5.41, 5.74) is 9.09. The van der Waals surface area contributed by atoms with E-state index in [4.69, 9.17) is 5.73 Å². The van der Waals surface area contributed by atoms with E-state index in [1.54, 1.807) is 0 Å². The molecule has 0 spiro atoms. The Morgan fingerprint density at radius 1 is 1.42 bits per heavy atom. The van der Waals surface area contributed by atoms with Crippen molar-refractivity contribution < 1.29 is 4.79 Å². The lowest BCUT2D eigenvalue weighted by atomic mass is 9.91. The average Bonchev–Trinajstić information content (AvgIpc) is 2.41. The zero-order valence-corrected chi connectivity index (χ0v) is 12.1. The van der Waals surface area contributed by atoms with Crippen LogP contribution in [-0.2, 0) is 0 Å². The topological polar surface area (TPSA) is 46.3 Å². The molecule has 1 fully saturated rings. The Kier molecular flexibility index (Phi) is 4.25. The van der Waals surface area contributed by atoms with E-state index in [1.807, 2.05) is 43.9 Å². The largest absolute Gasteiger partial charge is 0.338 e. The molecule has 2 rings (SSSR count). The highest BCUT2D eigenvalue weighted by Crippen LogP contribution is 2.22. The fourth-order valence-electron chi connectivity index (χ4n) is 2.78. The molecule has 3 nitrogen and oxygen atoms in total. The van der Waals surface area contributed by atoms with Gasteiger partial charge in [-0.2, -0.15) is 0 Å². The number of likely N-dealkylation sites (tertiary alicyclic amines) is 1. The van der Waals surface area contributed by atoms with Crippen molar-refractivity contribution in [2.45, 2.75) is 39.7 Å². The van der Waals surface area contributed by atoms with Gasteiger partial charge in [-0.3, -0.25) is 4.79 Å². The van der Waals surface area contributed by atoms with Gasteiger partial charge in [0.15, 0.2) is 0 Å². The Balaban J connectivity index is 2.17. The summed E-state index contributed by atoms with van der Waals surface area (Å²) in [5.74, 6) is 0.592. The first-order valence-electron chi connectivity index (χ1n) is 7.11. The second-order valence-electron chi connectivity index (χ2n) is 5.76. The van der Waals surface area contributed by atoms with Crippen molar-refractivity contribution >= 4 is 5.91 Å². The van der Waals surface area contributed by atoms with E-state index in [0.29, 0.717) is 5.92 Å². The first-order chi connectivity index (χ1) is 9.00. The van der Waals surface area contributed by atoms with Crippen LogP contribution >= 0.6 is 0 Å². The first kappa shape index (κ1) is 14.1. The molecule has 0 aliphatic carbocycles. The molecule has 1 aliphatic heterocycles. The first-order valence-corrected chi connectivity index (χ1v) is 7.11. The highest BCUT2D eigenvalue weighted by molar-refractivity contribution is 5.96. The van der Waals surface area contributed by atoms with Crippen LogP contribution in [0, 0.1) is 19.8 Å². The zero-order chi connectivity index (χ0) is 14.0. The van der Waals surface area contributed by atoms with Gasteiger partial charge in [0.05, 0.1) is 0 Å². The minimum absolute atomic E-state index is 0.159. The molecule has 1 amide bonds. The SMILES string of the molecule is Cc1cccc(C(=O)N2CCC[C@H]([C@@H](C)N)C2)c1C. The Morgan fingerprint density at radius 3 is 2.84 bits per heavy atom. The maximum atomic E-state index is 12.6. The minimum Gasteiger partial charge on any atom is -0.338 e. The molecule has 2 N–H and O–H groups in total. The molecule has 1 aromatic carbocycles. The highest BCUT2D eigenvalue weighted by Gasteiger charge is 2.27. The summed E-state index contributed by atoms with van der Waals surface area (Å²) in [4.78, 5) is 14.6. The van der Waals surface area contributed by atoms with Crippen molar-refractivity contribution in [1.82, 2.24) is 4.90 Å². The van der Waals surface area contributed by atoms with Gasteiger partial charge in [0.25, 0.3) is 5.91 Å². The molecule has 2 atom stereocenters. The third kappa shape index (κ3) is 2.98. The monoisotopic (exact) mass is 260 g/mol. The summed E-state index contributed by atoms with van der Waals surface area (Å²) in [7, 11) is 0. The number of hydrogen-bond donors (Lipinski definition) is 1. The second kappa shape index (κ2) is 5.74. The Bertz CT molecular complexity index is 468. The van der Waals surface area contributed by atoms with Crippen LogP contribution in [0.1, 0.15) is 41.3 Å². The molecule has 0 unspecified atom stereocenters.